The second-order valence-electron chi connectivity index (χ2n) is 2.67. The molecule has 4 nitrogen and oxygen atoms in total. The number of nitrogens with zero attached hydrogens (tertiary/aromatic N) is 1. The van der Waals surface area contributed by atoms with E-state index >= 15 is 0 Å². The number of rotatable bonds is 3. The van der Waals surface area contributed by atoms with E-state index in [2.05, 4.69) is 0 Å². The number of nitriles is 1. The summed E-state index contributed by atoms with van der Waals surface area (Å²) in [6.07, 6.45) is 0.195. The van der Waals surface area contributed by atoms with Crippen LogP contribution < -0.4 is 9.47 Å². The summed E-state index contributed by atoms with van der Waals surface area (Å²) in [6.45, 7) is 0. The van der Waals surface area contributed by atoms with Gasteiger partial charge in [0.15, 0.2) is 11.5 Å². The molecule has 0 unspecified atom stereocenters. The van der Waals surface area contributed by atoms with Gasteiger partial charge in [0.1, 0.15) is 5.75 Å². The number of hydrogen-bond acceptors (Lipinski definition) is 4. The lowest BCUT2D eigenvalue weighted by atomic mass is 10.1. The van der Waals surface area contributed by atoms with Gasteiger partial charge in [-0.15, -0.1) is 0 Å². The number of phenols is 1. The lowest BCUT2D eigenvalue weighted by molar-refractivity contribution is 0.362. The molecule has 1 aromatic carbocycles. The molecule has 0 radical (unpaired) electrons. The van der Waals surface area contributed by atoms with Gasteiger partial charge in [0.05, 0.1) is 26.7 Å². The molecule has 0 fully saturated rings. The minimum absolute atomic E-state index is 0.0125. The highest BCUT2D eigenvalue weighted by atomic mass is 16.5. The van der Waals surface area contributed by atoms with Gasteiger partial charge >= 0.3 is 0 Å². The first-order valence-corrected chi connectivity index (χ1v) is 4.03. The molecule has 4 heteroatoms. The highest BCUT2D eigenvalue weighted by molar-refractivity contribution is 5.50. The van der Waals surface area contributed by atoms with Crippen LogP contribution in [0.2, 0.25) is 0 Å². The normalized spacial score (nSPS) is 9.21. The first kappa shape index (κ1) is 10.2. The molecule has 0 heterocycles. The highest BCUT2D eigenvalue weighted by Gasteiger charge is 2.09. The Morgan fingerprint density at radius 1 is 1.29 bits per heavy atom. The Hall–Kier alpha value is -1.89. The van der Waals surface area contributed by atoms with Crippen LogP contribution in [-0.4, -0.2) is 19.3 Å². The molecule has 0 aliphatic heterocycles. The van der Waals surface area contributed by atoms with Crippen molar-refractivity contribution in [1.29, 1.82) is 5.26 Å². The van der Waals surface area contributed by atoms with Crippen molar-refractivity contribution < 1.29 is 14.6 Å². The number of hydrogen-bond donors (Lipinski definition) is 1. The third kappa shape index (κ3) is 1.88. The van der Waals surface area contributed by atoms with E-state index in [0.29, 0.717) is 17.1 Å². The van der Waals surface area contributed by atoms with Crippen molar-refractivity contribution in [3.8, 4) is 23.3 Å². The van der Waals surface area contributed by atoms with Crippen LogP contribution >= 0.6 is 0 Å². The van der Waals surface area contributed by atoms with Crippen molar-refractivity contribution in [3.63, 3.8) is 0 Å². The maximum absolute atomic E-state index is 9.45. The molecule has 1 aromatic rings. The number of methoxy groups -OCH3 is 2. The maximum Gasteiger partial charge on any atom is 0.164 e. The fourth-order valence-corrected chi connectivity index (χ4v) is 1.17. The summed E-state index contributed by atoms with van der Waals surface area (Å²) in [4.78, 5) is 0. The zero-order valence-corrected chi connectivity index (χ0v) is 8.07. The SMILES string of the molecule is COc1cc(OC)c(CC#N)cc1O. The summed E-state index contributed by atoms with van der Waals surface area (Å²) in [5.41, 5.74) is 0.647. The Labute approximate surface area is 82.3 Å². The van der Waals surface area contributed by atoms with Crippen molar-refractivity contribution >= 4 is 0 Å². The molecule has 74 valence electrons. The molecular weight excluding hydrogens is 182 g/mol. The van der Waals surface area contributed by atoms with Crippen molar-refractivity contribution in [1.82, 2.24) is 0 Å². The fraction of sp³-hybridized carbons (Fsp3) is 0.300. The number of aromatic hydroxyl groups is 1. The molecule has 0 saturated heterocycles. The van der Waals surface area contributed by atoms with Gasteiger partial charge < -0.3 is 14.6 Å². The van der Waals surface area contributed by atoms with Crippen LogP contribution in [0, 0.1) is 11.3 Å². The van der Waals surface area contributed by atoms with Gasteiger partial charge in [-0.05, 0) is 6.07 Å². The second kappa shape index (κ2) is 4.38. The van der Waals surface area contributed by atoms with E-state index in [9.17, 15) is 5.11 Å². The summed E-state index contributed by atoms with van der Waals surface area (Å²) in [6, 6.07) is 5.02. The van der Waals surface area contributed by atoms with Crippen LogP contribution in [0.3, 0.4) is 0 Å². The van der Waals surface area contributed by atoms with E-state index in [1.165, 1.54) is 20.3 Å². The van der Waals surface area contributed by atoms with Gasteiger partial charge in [-0.3, -0.25) is 0 Å². The van der Waals surface area contributed by atoms with Gasteiger partial charge in [-0.25, -0.2) is 0 Å². The van der Waals surface area contributed by atoms with E-state index in [-0.39, 0.29) is 12.2 Å². The molecule has 0 saturated carbocycles. The molecule has 0 bridgehead atoms. The molecule has 0 atom stereocenters. The van der Waals surface area contributed by atoms with Crippen LogP contribution in [-0.2, 0) is 6.42 Å². The fourth-order valence-electron chi connectivity index (χ4n) is 1.17. The van der Waals surface area contributed by atoms with Crippen molar-refractivity contribution in [2.24, 2.45) is 0 Å². The van der Waals surface area contributed by atoms with Crippen LogP contribution in [0.5, 0.6) is 17.2 Å². The Morgan fingerprint density at radius 2 is 1.93 bits per heavy atom. The van der Waals surface area contributed by atoms with Crippen LogP contribution in [0.25, 0.3) is 0 Å². The standard InChI is InChI=1S/C10H11NO3/c1-13-9-6-10(14-2)8(12)5-7(9)3-4-11/h5-6,12H,3H2,1-2H3. The average molecular weight is 193 g/mol. The van der Waals surface area contributed by atoms with E-state index in [1.54, 1.807) is 6.07 Å². The Morgan fingerprint density at radius 3 is 2.43 bits per heavy atom. The quantitative estimate of drug-likeness (QED) is 0.789. The molecule has 0 aliphatic rings. The smallest absolute Gasteiger partial charge is 0.164 e. The molecule has 0 spiro atoms. The average Bonchev–Trinajstić information content (AvgIpc) is 2.19. The molecule has 1 rings (SSSR count). The van der Waals surface area contributed by atoms with Gasteiger partial charge in [0.25, 0.3) is 0 Å². The predicted molar refractivity (Wildman–Crippen MR) is 50.5 cm³/mol. The zero-order valence-electron chi connectivity index (χ0n) is 8.07. The molecule has 14 heavy (non-hydrogen) atoms. The first-order chi connectivity index (χ1) is 6.72. The third-order valence-corrected chi connectivity index (χ3v) is 1.85. The summed E-state index contributed by atoms with van der Waals surface area (Å²) in [5, 5.41) is 18.0. The Bertz CT molecular complexity index is 368. The van der Waals surface area contributed by atoms with E-state index in [0.717, 1.165) is 0 Å². The number of ether oxygens (including phenoxy) is 2. The summed E-state index contributed by atoms with van der Waals surface area (Å²) in [7, 11) is 2.96. The van der Waals surface area contributed by atoms with E-state index in [1.807, 2.05) is 6.07 Å². The largest absolute Gasteiger partial charge is 0.504 e. The summed E-state index contributed by atoms with van der Waals surface area (Å²) in [5.74, 6) is 0.892. The Balaban J connectivity index is 3.18. The Kier molecular flexibility index (Phi) is 3.19. The van der Waals surface area contributed by atoms with Crippen LogP contribution in [0.15, 0.2) is 12.1 Å². The van der Waals surface area contributed by atoms with E-state index < -0.39 is 0 Å². The van der Waals surface area contributed by atoms with E-state index in [4.69, 9.17) is 14.7 Å². The summed E-state index contributed by atoms with van der Waals surface area (Å²) >= 11 is 0. The minimum atomic E-state index is 0.0125. The lowest BCUT2D eigenvalue weighted by Gasteiger charge is -2.09. The van der Waals surface area contributed by atoms with Crippen LogP contribution in [0.4, 0.5) is 0 Å². The lowest BCUT2D eigenvalue weighted by Crippen LogP contribution is -1.93. The van der Waals surface area contributed by atoms with Gasteiger partial charge in [0, 0.05) is 11.6 Å². The molecule has 0 aromatic heterocycles. The zero-order chi connectivity index (χ0) is 10.6. The summed E-state index contributed by atoms with van der Waals surface area (Å²) < 4.78 is 9.96. The topological polar surface area (TPSA) is 62.5 Å². The number of phenolic OH excluding ortho intramolecular Hbond substituents is 1. The number of benzene rings is 1. The molecule has 0 aliphatic carbocycles. The third-order valence-electron chi connectivity index (χ3n) is 1.85. The van der Waals surface area contributed by atoms with Crippen molar-refractivity contribution in [3.05, 3.63) is 17.7 Å². The van der Waals surface area contributed by atoms with Gasteiger partial charge in [0.2, 0.25) is 0 Å². The van der Waals surface area contributed by atoms with Gasteiger partial charge in [-0.1, -0.05) is 0 Å². The van der Waals surface area contributed by atoms with Crippen molar-refractivity contribution in [2.45, 2.75) is 6.42 Å². The second-order valence-corrected chi connectivity index (χ2v) is 2.67. The molecule has 1 N–H and O–H groups in total. The minimum Gasteiger partial charge on any atom is -0.504 e. The highest BCUT2D eigenvalue weighted by Crippen LogP contribution is 2.33. The molecule has 0 amide bonds. The van der Waals surface area contributed by atoms with Gasteiger partial charge in [-0.2, -0.15) is 5.26 Å². The molecular formula is C10H11NO3. The van der Waals surface area contributed by atoms with Crippen LogP contribution in [0.1, 0.15) is 5.56 Å². The predicted octanol–water partition coefficient (Wildman–Crippen LogP) is 1.48. The monoisotopic (exact) mass is 193 g/mol. The van der Waals surface area contributed by atoms with Crippen molar-refractivity contribution in [2.75, 3.05) is 14.2 Å². The first-order valence-electron chi connectivity index (χ1n) is 4.03. The maximum atomic E-state index is 9.45.